The van der Waals surface area contributed by atoms with Gasteiger partial charge in [-0.25, -0.2) is 0 Å². The Kier molecular flexibility index (Phi) is 3.12. The molecule has 1 N–H and O–H groups in total. The van der Waals surface area contributed by atoms with E-state index in [1.807, 2.05) is 6.07 Å². The molecule has 0 aromatic heterocycles. The Morgan fingerprint density at radius 1 is 1.33 bits per heavy atom. The minimum absolute atomic E-state index is 0.522. The van der Waals surface area contributed by atoms with Crippen molar-refractivity contribution in [2.24, 2.45) is 0 Å². The monoisotopic (exact) mass is 265 g/mol. The zero-order chi connectivity index (χ0) is 12.7. The van der Waals surface area contributed by atoms with E-state index >= 15 is 0 Å². The van der Waals surface area contributed by atoms with Crippen LogP contribution in [-0.4, -0.2) is 38.3 Å². The molecule has 0 radical (unpaired) electrons. The molecule has 98 valence electrons. The minimum atomic E-state index is 0.522. The molecular formula is C14H20ClN3. The first-order valence-corrected chi connectivity index (χ1v) is 7.08. The van der Waals surface area contributed by atoms with Crippen LogP contribution in [0.1, 0.15) is 13.8 Å². The van der Waals surface area contributed by atoms with Gasteiger partial charge in [0.1, 0.15) is 0 Å². The summed E-state index contributed by atoms with van der Waals surface area (Å²) in [6.45, 7) is 8.80. The molecule has 1 aromatic rings. The highest BCUT2D eigenvalue weighted by Gasteiger charge is 2.33. The molecule has 0 spiro atoms. The van der Waals surface area contributed by atoms with Crippen molar-refractivity contribution >= 4 is 23.0 Å². The molecule has 2 aliphatic heterocycles. The first kappa shape index (κ1) is 12.1. The first-order chi connectivity index (χ1) is 8.66. The molecule has 18 heavy (non-hydrogen) atoms. The van der Waals surface area contributed by atoms with Gasteiger partial charge in [0.05, 0.1) is 17.4 Å². The van der Waals surface area contributed by atoms with Crippen molar-refractivity contribution in [3.8, 4) is 0 Å². The van der Waals surface area contributed by atoms with Crippen molar-refractivity contribution in [3.63, 3.8) is 0 Å². The van der Waals surface area contributed by atoms with Crippen molar-refractivity contribution in [2.75, 3.05) is 36.0 Å². The van der Waals surface area contributed by atoms with Gasteiger partial charge >= 0.3 is 0 Å². The van der Waals surface area contributed by atoms with Gasteiger partial charge in [-0.05, 0) is 32.0 Å². The highest BCUT2D eigenvalue weighted by Crippen LogP contribution is 2.38. The summed E-state index contributed by atoms with van der Waals surface area (Å²) in [7, 11) is 0. The van der Waals surface area contributed by atoms with Crippen LogP contribution in [0.5, 0.6) is 0 Å². The quantitative estimate of drug-likeness (QED) is 0.841. The Labute approximate surface area is 114 Å². The summed E-state index contributed by atoms with van der Waals surface area (Å²) >= 11 is 6.17. The first-order valence-electron chi connectivity index (χ1n) is 6.70. The number of hydrogen-bond acceptors (Lipinski definition) is 3. The molecule has 3 nitrogen and oxygen atoms in total. The van der Waals surface area contributed by atoms with Crippen LogP contribution < -0.4 is 15.1 Å². The van der Waals surface area contributed by atoms with Gasteiger partial charge in [-0.15, -0.1) is 0 Å². The molecule has 2 heterocycles. The van der Waals surface area contributed by atoms with Gasteiger partial charge in [-0.3, -0.25) is 0 Å². The highest BCUT2D eigenvalue weighted by atomic mass is 35.5. The third-order valence-electron chi connectivity index (χ3n) is 3.94. The third-order valence-corrected chi connectivity index (χ3v) is 4.17. The summed E-state index contributed by atoms with van der Waals surface area (Å²) < 4.78 is 0. The Bertz CT molecular complexity index is 447. The van der Waals surface area contributed by atoms with Crippen molar-refractivity contribution in [2.45, 2.75) is 25.9 Å². The summed E-state index contributed by atoms with van der Waals surface area (Å²) in [6.07, 6.45) is 0. The number of piperazine rings is 1. The van der Waals surface area contributed by atoms with E-state index in [1.54, 1.807) is 0 Å². The molecule has 0 saturated carbocycles. The summed E-state index contributed by atoms with van der Waals surface area (Å²) in [5, 5.41) is 4.32. The van der Waals surface area contributed by atoms with E-state index in [1.165, 1.54) is 11.4 Å². The molecule has 1 saturated heterocycles. The number of nitrogens with zero attached hydrogens (tertiary/aromatic N) is 2. The normalized spacial score (nSPS) is 23.0. The Hall–Kier alpha value is -0.930. The zero-order valence-electron chi connectivity index (χ0n) is 11.0. The van der Waals surface area contributed by atoms with E-state index in [-0.39, 0.29) is 0 Å². The van der Waals surface area contributed by atoms with Crippen LogP contribution in [0.4, 0.5) is 11.4 Å². The molecule has 1 unspecified atom stereocenters. The van der Waals surface area contributed by atoms with Gasteiger partial charge < -0.3 is 15.1 Å². The smallest absolute Gasteiger partial charge is 0.0623 e. The molecule has 3 rings (SSSR count). The lowest BCUT2D eigenvalue weighted by atomic mass is 10.0. The van der Waals surface area contributed by atoms with E-state index in [0.717, 1.165) is 31.2 Å². The second-order valence-electron chi connectivity index (χ2n) is 5.43. The maximum Gasteiger partial charge on any atom is 0.0623 e. The molecule has 0 bridgehead atoms. The standard InChI is InChI=1S/C14H20ClN3/c1-10(2)18-9-12-8-16-5-6-17(12)14-7-11(15)3-4-13(14)18/h3-4,7,10,12,16H,5-6,8-9H2,1-2H3. The van der Waals surface area contributed by atoms with Crippen molar-refractivity contribution < 1.29 is 0 Å². The lowest BCUT2D eigenvalue weighted by Gasteiger charge is -2.48. The largest absolute Gasteiger partial charge is 0.365 e. The van der Waals surface area contributed by atoms with E-state index in [4.69, 9.17) is 11.6 Å². The SMILES string of the molecule is CC(C)N1CC2CNCCN2c2cc(Cl)ccc21. The van der Waals surface area contributed by atoms with Crippen LogP contribution in [0.15, 0.2) is 18.2 Å². The molecule has 0 aliphatic carbocycles. The minimum Gasteiger partial charge on any atom is -0.365 e. The van der Waals surface area contributed by atoms with Crippen LogP contribution in [0, 0.1) is 0 Å². The molecule has 2 aliphatic rings. The predicted octanol–water partition coefficient (Wildman–Crippen LogP) is 2.35. The van der Waals surface area contributed by atoms with E-state index < -0.39 is 0 Å². The van der Waals surface area contributed by atoms with Crippen molar-refractivity contribution in [1.82, 2.24) is 5.32 Å². The Morgan fingerprint density at radius 3 is 2.94 bits per heavy atom. The number of anilines is 2. The Morgan fingerprint density at radius 2 is 2.17 bits per heavy atom. The summed E-state index contributed by atoms with van der Waals surface area (Å²) in [4.78, 5) is 5.00. The number of nitrogens with one attached hydrogen (secondary N) is 1. The van der Waals surface area contributed by atoms with Crippen LogP contribution in [-0.2, 0) is 0 Å². The molecular weight excluding hydrogens is 246 g/mol. The second kappa shape index (κ2) is 4.63. The molecule has 1 atom stereocenters. The van der Waals surface area contributed by atoms with Gasteiger partial charge in [-0.1, -0.05) is 11.6 Å². The van der Waals surface area contributed by atoms with Gasteiger partial charge in [0.25, 0.3) is 0 Å². The average Bonchev–Trinajstić information content (AvgIpc) is 2.37. The van der Waals surface area contributed by atoms with Crippen LogP contribution in [0.3, 0.4) is 0 Å². The predicted molar refractivity (Wildman–Crippen MR) is 77.9 cm³/mol. The van der Waals surface area contributed by atoms with E-state index in [2.05, 4.69) is 41.1 Å². The maximum atomic E-state index is 6.17. The van der Waals surface area contributed by atoms with Gasteiger partial charge in [0, 0.05) is 37.2 Å². The van der Waals surface area contributed by atoms with Crippen molar-refractivity contribution in [3.05, 3.63) is 23.2 Å². The fourth-order valence-corrected chi connectivity index (χ4v) is 3.19. The van der Waals surface area contributed by atoms with Gasteiger partial charge in [0.15, 0.2) is 0 Å². The summed E-state index contributed by atoms with van der Waals surface area (Å²) in [6, 6.07) is 7.36. The van der Waals surface area contributed by atoms with Crippen LogP contribution in [0.2, 0.25) is 5.02 Å². The number of fused-ring (bicyclic) bond motifs is 3. The number of hydrogen-bond donors (Lipinski definition) is 1. The zero-order valence-corrected chi connectivity index (χ0v) is 11.7. The molecule has 1 fully saturated rings. The molecule has 4 heteroatoms. The second-order valence-corrected chi connectivity index (χ2v) is 5.87. The molecule has 0 amide bonds. The Balaban J connectivity index is 2.05. The fourth-order valence-electron chi connectivity index (χ4n) is 3.03. The molecule has 1 aromatic carbocycles. The maximum absolute atomic E-state index is 6.17. The average molecular weight is 266 g/mol. The number of benzene rings is 1. The van der Waals surface area contributed by atoms with Crippen LogP contribution >= 0.6 is 11.6 Å². The fraction of sp³-hybridized carbons (Fsp3) is 0.571. The number of rotatable bonds is 1. The van der Waals surface area contributed by atoms with Crippen LogP contribution in [0.25, 0.3) is 0 Å². The van der Waals surface area contributed by atoms with Gasteiger partial charge in [-0.2, -0.15) is 0 Å². The lowest BCUT2D eigenvalue weighted by Crippen LogP contribution is -2.59. The topological polar surface area (TPSA) is 18.5 Å². The highest BCUT2D eigenvalue weighted by molar-refractivity contribution is 6.31. The van der Waals surface area contributed by atoms with Gasteiger partial charge in [0.2, 0.25) is 0 Å². The lowest BCUT2D eigenvalue weighted by molar-refractivity contribution is 0.448. The van der Waals surface area contributed by atoms with E-state index in [0.29, 0.717) is 12.1 Å². The summed E-state index contributed by atoms with van der Waals surface area (Å²) in [5.74, 6) is 0. The van der Waals surface area contributed by atoms with Crippen molar-refractivity contribution in [1.29, 1.82) is 0 Å². The number of halogens is 1. The van der Waals surface area contributed by atoms with E-state index in [9.17, 15) is 0 Å². The summed E-state index contributed by atoms with van der Waals surface area (Å²) in [5.41, 5.74) is 2.63. The third kappa shape index (κ3) is 1.95.